The lowest BCUT2D eigenvalue weighted by Crippen LogP contribution is -2.19. The van der Waals surface area contributed by atoms with Crippen molar-refractivity contribution < 1.29 is 0 Å². The van der Waals surface area contributed by atoms with E-state index in [1.54, 1.807) is 4.68 Å². The van der Waals surface area contributed by atoms with Crippen molar-refractivity contribution in [1.82, 2.24) is 20.3 Å². The minimum Gasteiger partial charge on any atom is -0.311 e. The van der Waals surface area contributed by atoms with E-state index in [0.717, 1.165) is 22.4 Å². The Balaban J connectivity index is 2.10. The second kappa shape index (κ2) is 6.50. The largest absolute Gasteiger partial charge is 0.311 e. The van der Waals surface area contributed by atoms with Crippen molar-refractivity contribution in [1.29, 1.82) is 0 Å². The highest BCUT2D eigenvalue weighted by Crippen LogP contribution is 2.23. The van der Waals surface area contributed by atoms with Crippen molar-refractivity contribution in [2.45, 2.75) is 20.4 Å². The summed E-state index contributed by atoms with van der Waals surface area (Å²) in [5, 5.41) is 12.2. The molecule has 0 unspecified atom stereocenters. The number of benzene rings is 1. The maximum absolute atomic E-state index is 6.16. The Hall–Kier alpha value is -0.910. The Morgan fingerprint density at radius 2 is 2.21 bits per heavy atom. The predicted molar refractivity (Wildman–Crippen MR) is 80.6 cm³/mol. The lowest BCUT2D eigenvalue weighted by molar-refractivity contribution is 0.548. The van der Waals surface area contributed by atoms with Crippen LogP contribution in [0.15, 0.2) is 28.9 Å². The third-order valence-corrected chi connectivity index (χ3v) is 3.37. The maximum atomic E-state index is 6.16. The van der Waals surface area contributed by atoms with Gasteiger partial charge in [-0.15, -0.1) is 5.10 Å². The first-order chi connectivity index (χ1) is 9.06. The van der Waals surface area contributed by atoms with Gasteiger partial charge in [-0.25, -0.2) is 4.68 Å². The molecule has 0 aliphatic carbocycles. The zero-order valence-electron chi connectivity index (χ0n) is 10.9. The van der Waals surface area contributed by atoms with Gasteiger partial charge in [-0.1, -0.05) is 46.6 Å². The average molecular weight is 344 g/mol. The molecule has 0 bridgehead atoms. The molecule has 1 N–H and O–H groups in total. The molecule has 0 atom stereocenters. The molecular weight excluding hydrogens is 328 g/mol. The summed E-state index contributed by atoms with van der Waals surface area (Å²) in [7, 11) is 0. The molecule has 0 fully saturated rings. The fourth-order valence-electron chi connectivity index (χ4n) is 1.65. The number of halogens is 2. The maximum Gasteiger partial charge on any atom is 0.0969 e. The summed E-state index contributed by atoms with van der Waals surface area (Å²) in [5.41, 5.74) is 1.72. The zero-order chi connectivity index (χ0) is 13.8. The van der Waals surface area contributed by atoms with Crippen molar-refractivity contribution in [2.24, 2.45) is 5.92 Å². The van der Waals surface area contributed by atoms with E-state index in [1.165, 1.54) is 0 Å². The summed E-state index contributed by atoms with van der Waals surface area (Å²) in [6, 6.07) is 5.65. The second-order valence-electron chi connectivity index (χ2n) is 4.77. The van der Waals surface area contributed by atoms with Crippen LogP contribution in [0.1, 0.15) is 19.5 Å². The lowest BCUT2D eigenvalue weighted by atomic mass is 10.2. The van der Waals surface area contributed by atoms with E-state index >= 15 is 0 Å². The fraction of sp³-hybridized carbons (Fsp3) is 0.385. The molecule has 19 heavy (non-hydrogen) atoms. The van der Waals surface area contributed by atoms with Crippen molar-refractivity contribution in [3.63, 3.8) is 0 Å². The van der Waals surface area contributed by atoms with Crippen molar-refractivity contribution >= 4 is 27.5 Å². The van der Waals surface area contributed by atoms with Crippen LogP contribution in [0, 0.1) is 5.92 Å². The number of hydrogen-bond donors (Lipinski definition) is 1. The van der Waals surface area contributed by atoms with Gasteiger partial charge >= 0.3 is 0 Å². The standard InChI is InChI=1S/C13H16BrClN4/c1-9(2)6-16-7-11-8-19(18-17-11)13-5-10(14)3-4-12(13)15/h3-5,8-9,16H,6-7H2,1-2H3. The van der Waals surface area contributed by atoms with Crippen LogP contribution in [0.3, 0.4) is 0 Å². The Bertz CT molecular complexity index is 553. The monoisotopic (exact) mass is 342 g/mol. The first kappa shape index (κ1) is 14.5. The van der Waals surface area contributed by atoms with E-state index in [2.05, 4.69) is 45.4 Å². The topological polar surface area (TPSA) is 42.7 Å². The molecule has 4 nitrogen and oxygen atoms in total. The average Bonchev–Trinajstić information content (AvgIpc) is 2.80. The van der Waals surface area contributed by atoms with Gasteiger partial charge in [-0.3, -0.25) is 0 Å². The van der Waals surface area contributed by atoms with Crippen molar-refractivity contribution in [3.8, 4) is 5.69 Å². The van der Waals surface area contributed by atoms with E-state index in [0.29, 0.717) is 17.5 Å². The van der Waals surface area contributed by atoms with Crippen LogP contribution in [0.4, 0.5) is 0 Å². The smallest absolute Gasteiger partial charge is 0.0969 e. The molecule has 0 radical (unpaired) electrons. The van der Waals surface area contributed by atoms with E-state index in [1.807, 2.05) is 24.4 Å². The molecule has 0 aliphatic rings. The van der Waals surface area contributed by atoms with Gasteiger partial charge in [0.1, 0.15) is 0 Å². The van der Waals surface area contributed by atoms with Crippen LogP contribution in [0.2, 0.25) is 5.02 Å². The minimum absolute atomic E-state index is 0.620. The highest BCUT2D eigenvalue weighted by Gasteiger charge is 2.07. The first-order valence-electron chi connectivity index (χ1n) is 6.13. The first-order valence-corrected chi connectivity index (χ1v) is 7.30. The summed E-state index contributed by atoms with van der Waals surface area (Å²) in [4.78, 5) is 0. The number of hydrogen-bond acceptors (Lipinski definition) is 3. The lowest BCUT2D eigenvalue weighted by Gasteiger charge is -2.05. The van der Waals surface area contributed by atoms with Gasteiger partial charge in [-0.2, -0.15) is 0 Å². The van der Waals surface area contributed by atoms with Crippen LogP contribution in [-0.2, 0) is 6.54 Å². The van der Waals surface area contributed by atoms with Gasteiger partial charge in [0.25, 0.3) is 0 Å². The van der Waals surface area contributed by atoms with Gasteiger partial charge < -0.3 is 5.32 Å². The molecule has 0 aliphatic heterocycles. The minimum atomic E-state index is 0.620. The molecule has 0 spiro atoms. The summed E-state index contributed by atoms with van der Waals surface area (Å²) in [6.07, 6.45) is 1.89. The van der Waals surface area contributed by atoms with E-state index in [4.69, 9.17) is 11.6 Å². The fourth-order valence-corrected chi connectivity index (χ4v) is 2.20. The predicted octanol–water partition coefficient (Wildman–Crippen LogP) is 3.43. The van der Waals surface area contributed by atoms with E-state index in [9.17, 15) is 0 Å². The van der Waals surface area contributed by atoms with Crippen LogP contribution in [0.25, 0.3) is 5.69 Å². The van der Waals surface area contributed by atoms with Crippen LogP contribution >= 0.6 is 27.5 Å². The molecular formula is C13H16BrClN4. The third-order valence-electron chi connectivity index (χ3n) is 2.55. The van der Waals surface area contributed by atoms with Gasteiger partial charge in [-0.05, 0) is 30.7 Å². The third kappa shape index (κ3) is 4.03. The highest BCUT2D eigenvalue weighted by molar-refractivity contribution is 9.10. The van der Waals surface area contributed by atoms with Gasteiger partial charge in [0.05, 0.1) is 22.6 Å². The van der Waals surface area contributed by atoms with Crippen LogP contribution < -0.4 is 5.32 Å². The van der Waals surface area contributed by atoms with Crippen LogP contribution in [0.5, 0.6) is 0 Å². The molecule has 1 heterocycles. The zero-order valence-corrected chi connectivity index (χ0v) is 13.2. The van der Waals surface area contributed by atoms with Gasteiger partial charge in [0.15, 0.2) is 0 Å². The molecule has 6 heteroatoms. The Kier molecular flexibility index (Phi) is 4.96. The van der Waals surface area contributed by atoms with Gasteiger partial charge in [0.2, 0.25) is 0 Å². The molecule has 2 aromatic rings. The quantitative estimate of drug-likeness (QED) is 0.904. The van der Waals surface area contributed by atoms with E-state index in [-0.39, 0.29) is 0 Å². The summed E-state index contributed by atoms with van der Waals surface area (Å²) >= 11 is 9.59. The number of nitrogens with one attached hydrogen (secondary N) is 1. The second-order valence-corrected chi connectivity index (χ2v) is 6.10. The highest BCUT2D eigenvalue weighted by atomic mass is 79.9. The Labute approximate surface area is 126 Å². The summed E-state index contributed by atoms with van der Waals surface area (Å²) < 4.78 is 2.65. The molecule has 1 aromatic carbocycles. The number of nitrogens with zero attached hydrogens (tertiary/aromatic N) is 3. The Morgan fingerprint density at radius 1 is 1.42 bits per heavy atom. The van der Waals surface area contributed by atoms with Crippen molar-refractivity contribution in [2.75, 3.05) is 6.54 Å². The summed E-state index contributed by atoms with van der Waals surface area (Å²) in [6.45, 7) is 6.02. The SMILES string of the molecule is CC(C)CNCc1cn(-c2cc(Br)ccc2Cl)nn1. The Morgan fingerprint density at radius 3 is 2.95 bits per heavy atom. The van der Waals surface area contributed by atoms with Crippen LogP contribution in [-0.4, -0.2) is 21.5 Å². The molecule has 1 aromatic heterocycles. The van der Waals surface area contributed by atoms with Gasteiger partial charge in [0, 0.05) is 11.0 Å². The molecule has 0 amide bonds. The molecule has 102 valence electrons. The molecule has 0 saturated carbocycles. The normalized spacial score (nSPS) is 11.2. The van der Waals surface area contributed by atoms with E-state index < -0.39 is 0 Å². The summed E-state index contributed by atoms with van der Waals surface area (Å²) in [5.74, 6) is 0.620. The number of aromatic nitrogens is 3. The molecule has 2 rings (SSSR count). The number of rotatable bonds is 5. The van der Waals surface area contributed by atoms with Crippen molar-refractivity contribution in [3.05, 3.63) is 39.6 Å². The molecule has 0 saturated heterocycles.